The number of aromatic amines is 1. The molecular weight excluding hydrogens is 214 g/mol. The highest BCUT2D eigenvalue weighted by atomic mass is 15.3. The van der Waals surface area contributed by atoms with Crippen LogP contribution in [0.3, 0.4) is 0 Å². The number of anilines is 1. The zero-order chi connectivity index (χ0) is 12.0. The smallest absolute Gasteiger partial charge is 0.129 e. The predicted octanol–water partition coefficient (Wildman–Crippen LogP) is 1.85. The fourth-order valence-electron chi connectivity index (χ4n) is 1.98. The van der Waals surface area contributed by atoms with Crippen LogP contribution in [0.2, 0.25) is 0 Å². The first-order valence-electron chi connectivity index (χ1n) is 5.39. The lowest BCUT2D eigenvalue weighted by atomic mass is 10.1. The maximum atomic E-state index is 5.97. The van der Waals surface area contributed by atoms with E-state index < -0.39 is 0 Å². The zero-order valence-corrected chi connectivity index (χ0v) is 9.73. The molecule has 5 heteroatoms. The van der Waals surface area contributed by atoms with Crippen molar-refractivity contribution in [2.45, 2.75) is 6.92 Å². The molecule has 0 aliphatic carbocycles. The third-order valence-corrected chi connectivity index (χ3v) is 3.04. The Morgan fingerprint density at radius 1 is 1.35 bits per heavy atom. The van der Waals surface area contributed by atoms with Gasteiger partial charge in [0.25, 0.3) is 0 Å². The van der Waals surface area contributed by atoms with Crippen molar-refractivity contribution in [1.29, 1.82) is 0 Å². The summed E-state index contributed by atoms with van der Waals surface area (Å²) in [6, 6.07) is 6.08. The number of hydrogen-bond donors (Lipinski definition) is 2. The first kappa shape index (κ1) is 9.89. The molecule has 0 aliphatic rings. The van der Waals surface area contributed by atoms with Gasteiger partial charge in [-0.2, -0.15) is 10.2 Å². The topological polar surface area (TPSA) is 72.5 Å². The van der Waals surface area contributed by atoms with Gasteiger partial charge in [-0.1, -0.05) is 6.07 Å². The van der Waals surface area contributed by atoms with E-state index in [0.717, 1.165) is 27.7 Å². The molecule has 5 nitrogen and oxygen atoms in total. The third-order valence-electron chi connectivity index (χ3n) is 3.04. The molecule has 0 bridgehead atoms. The molecule has 3 rings (SSSR count). The monoisotopic (exact) mass is 227 g/mol. The molecule has 3 aromatic rings. The number of aromatic nitrogens is 4. The quantitative estimate of drug-likeness (QED) is 0.666. The second kappa shape index (κ2) is 3.35. The summed E-state index contributed by atoms with van der Waals surface area (Å²) in [5.74, 6) is 0.672. The summed E-state index contributed by atoms with van der Waals surface area (Å²) in [6.07, 6.45) is 1.78. The van der Waals surface area contributed by atoms with E-state index in [1.54, 1.807) is 10.9 Å². The first-order chi connectivity index (χ1) is 8.16. The highest BCUT2D eigenvalue weighted by Crippen LogP contribution is 2.28. The van der Waals surface area contributed by atoms with Gasteiger partial charge in [0, 0.05) is 23.7 Å². The molecule has 2 heterocycles. The van der Waals surface area contributed by atoms with E-state index in [1.165, 1.54) is 0 Å². The predicted molar refractivity (Wildman–Crippen MR) is 67.4 cm³/mol. The number of nitrogens with two attached hydrogens (primary N) is 1. The van der Waals surface area contributed by atoms with Crippen LogP contribution in [0.5, 0.6) is 0 Å². The van der Waals surface area contributed by atoms with Gasteiger partial charge in [-0.3, -0.25) is 9.78 Å². The van der Waals surface area contributed by atoms with E-state index in [0.29, 0.717) is 5.82 Å². The molecule has 0 saturated heterocycles. The molecule has 1 aromatic carbocycles. The van der Waals surface area contributed by atoms with Crippen molar-refractivity contribution in [3.05, 3.63) is 30.1 Å². The van der Waals surface area contributed by atoms with Gasteiger partial charge in [0.1, 0.15) is 5.82 Å². The van der Waals surface area contributed by atoms with Crippen molar-refractivity contribution < 1.29 is 0 Å². The molecule has 0 saturated carbocycles. The lowest BCUT2D eigenvalue weighted by molar-refractivity contribution is 0.779. The van der Waals surface area contributed by atoms with Crippen LogP contribution < -0.4 is 5.73 Å². The van der Waals surface area contributed by atoms with Crippen LogP contribution in [0.1, 0.15) is 5.69 Å². The Bertz CT molecular complexity index is 692. The summed E-state index contributed by atoms with van der Waals surface area (Å²) >= 11 is 0. The van der Waals surface area contributed by atoms with Gasteiger partial charge in [-0.15, -0.1) is 0 Å². The Morgan fingerprint density at radius 2 is 2.18 bits per heavy atom. The van der Waals surface area contributed by atoms with E-state index in [2.05, 4.69) is 21.4 Å². The fraction of sp³-hybridized carbons (Fsp3) is 0.167. The van der Waals surface area contributed by atoms with Crippen molar-refractivity contribution in [3.8, 4) is 11.1 Å². The number of H-pyrrole nitrogens is 1. The first-order valence-corrected chi connectivity index (χ1v) is 5.39. The summed E-state index contributed by atoms with van der Waals surface area (Å²) in [5.41, 5.74) is 10.0. The number of nitrogen functional groups attached to an aromatic ring is 1. The van der Waals surface area contributed by atoms with Gasteiger partial charge in [0.15, 0.2) is 0 Å². The second-order valence-corrected chi connectivity index (χ2v) is 4.15. The van der Waals surface area contributed by atoms with Gasteiger partial charge in [-0.05, 0) is 24.6 Å². The summed E-state index contributed by atoms with van der Waals surface area (Å²) < 4.78 is 1.67. The molecule has 86 valence electrons. The van der Waals surface area contributed by atoms with Crippen molar-refractivity contribution in [1.82, 2.24) is 20.0 Å². The molecular formula is C12H13N5. The molecule has 0 radical (unpaired) electrons. The van der Waals surface area contributed by atoms with Crippen molar-refractivity contribution in [2.75, 3.05) is 5.73 Å². The lowest BCUT2D eigenvalue weighted by Gasteiger charge is -2.01. The van der Waals surface area contributed by atoms with Crippen LogP contribution >= 0.6 is 0 Å². The molecule has 0 fully saturated rings. The summed E-state index contributed by atoms with van der Waals surface area (Å²) in [5, 5.41) is 12.4. The Morgan fingerprint density at radius 3 is 2.88 bits per heavy atom. The van der Waals surface area contributed by atoms with Gasteiger partial charge in [0.05, 0.1) is 11.7 Å². The van der Waals surface area contributed by atoms with E-state index in [-0.39, 0.29) is 0 Å². The number of nitrogens with zero attached hydrogens (tertiary/aromatic N) is 3. The molecule has 2 aromatic heterocycles. The van der Waals surface area contributed by atoms with Crippen LogP contribution in [0.25, 0.3) is 22.0 Å². The average molecular weight is 227 g/mol. The fourth-order valence-corrected chi connectivity index (χ4v) is 1.98. The number of hydrogen-bond acceptors (Lipinski definition) is 3. The summed E-state index contributed by atoms with van der Waals surface area (Å²) in [6.45, 7) is 2.01. The largest absolute Gasteiger partial charge is 0.383 e. The van der Waals surface area contributed by atoms with Crippen LogP contribution in [0.4, 0.5) is 5.82 Å². The molecule has 0 aliphatic heterocycles. The summed E-state index contributed by atoms with van der Waals surface area (Å²) in [4.78, 5) is 0. The molecule has 17 heavy (non-hydrogen) atoms. The summed E-state index contributed by atoms with van der Waals surface area (Å²) in [7, 11) is 1.83. The number of nitrogens with one attached hydrogen (secondary N) is 1. The number of rotatable bonds is 1. The molecule has 0 amide bonds. The molecule has 0 spiro atoms. The SMILES string of the molecule is Cc1[nH]nc2ccc(-c3cnn(C)c3N)cc12. The maximum absolute atomic E-state index is 5.97. The highest BCUT2D eigenvalue weighted by molar-refractivity contribution is 5.88. The van der Waals surface area contributed by atoms with Crippen molar-refractivity contribution >= 4 is 16.7 Å². The van der Waals surface area contributed by atoms with Crippen LogP contribution in [-0.4, -0.2) is 20.0 Å². The van der Waals surface area contributed by atoms with Crippen molar-refractivity contribution in [3.63, 3.8) is 0 Å². The highest BCUT2D eigenvalue weighted by Gasteiger charge is 2.09. The minimum Gasteiger partial charge on any atom is -0.383 e. The third kappa shape index (κ3) is 1.39. The Kier molecular flexibility index (Phi) is 1.95. The zero-order valence-electron chi connectivity index (χ0n) is 9.73. The van der Waals surface area contributed by atoms with Crippen molar-refractivity contribution in [2.24, 2.45) is 7.05 Å². The van der Waals surface area contributed by atoms with Gasteiger partial charge in [-0.25, -0.2) is 0 Å². The van der Waals surface area contributed by atoms with Crippen LogP contribution in [-0.2, 0) is 7.05 Å². The number of benzene rings is 1. The Labute approximate surface area is 98.2 Å². The number of fused-ring (bicyclic) bond motifs is 1. The molecule has 3 N–H and O–H groups in total. The second-order valence-electron chi connectivity index (χ2n) is 4.15. The number of aryl methyl sites for hydroxylation is 2. The molecule has 0 atom stereocenters. The Balaban J connectivity index is 2.24. The van der Waals surface area contributed by atoms with Gasteiger partial charge >= 0.3 is 0 Å². The minimum absolute atomic E-state index is 0.672. The van der Waals surface area contributed by atoms with Gasteiger partial charge in [0.2, 0.25) is 0 Å². The van der Waals surface area contributed by atoms with Gasteiger partial charge < -0.3 is 5.73 Å². The Hall–Kier alpha value is -2.30. The minimum atomic E-state index is 0.672. The van der Waals surface area contributed by atoms with E-state index in [4.69, 9.17) is 5.73 Å². The van der Waals surface area contributed by atoms with E-state index >= 15 is 0 Å². The lowest BCUT2D eigenvalue weighted by Crippen LogP contribution is -1.97. The van der Waals surface area contributed by atoms with E-state index in [9.17, 15) is 0 Å². The normalized spacial score (nSPS) is 11.2. The average Bonchev–Trinajstić information content (AvgIpc) is 2.85. The maximum Gasteiger partial charge on any atom is 0.129 e. The molecule has 0 unspecified atom stereocenters. The van der Waals surface area contributed by atoms with Crippen LogP contribution in [0, 0.1) is 6.92 Å². The van der Waals surface area contributed by atoms with Crippen LogP contribution in [0.15, 0.2) is 24.4 Å². The standard InChI is InChI=1S/C12H13N5/c1-7-9-5-8(3-4-11(9)16-15-7)10-6-14-17(2)12(10)13/h3-6H,13H2,1-2H3,(H,15,16). The van der Waals surface area contributed by atoms with E-state index in [1.807, 2.05) is 26.1 Å².